The molecule has 2 bridgehead atoms. The summed E-state index contributed by atoms with van der Waals surface area (Å²) in [6.07, 6.45) is 4.26. The maximum absolute atomic E-state index is 12.5. The van der Waals surface area contributed by atoms with Crippen LogP contribution < -0.4 is 5.32 Å². The summed E-state index contributed by atoms with van der Waals surface area (Å²) in [7, 11) is 0. The first kappa shape index (κ1) is 12.7. The first-order chi connectivity index (χ1) is 8.25. The van der Waals surface area contributed by atoms with Gasteiger partial charge in [0.05, 0.1) is 0 Å². The van der Waals surface area contributed by atoms with Crippen LogP contribution in [0.15, 0.2) is 0 Å². The van der Waals surface area contributed by atoms with Crippen molar-refractivity contribution in [3.05, 3.63) is 0 Å². The second-order valence-corrected chi connectivity index (χ2v) is 6.65. The van der Waals surface area contributed by atoms with Gasteiger partial charge in [-0.1, -0.05) is 0 Å². The number of nitrogens with zero attached hydrogens (tertiary/aromatic N) is 1. The van der Waals surface area contributed by atoms with Gasteiger partial charge in [0.25, 0.3) is 0 Å². The molecule has 3 saturated carbocycles. The van der Waals surface area contributed by atoms with Crippen LogP contribution in [0.25, 0.3) is 0 Å². The summed E-state index contributed by atoms with van der Waals surface area (Å²) >= 11 is 0. The number of rotatable bonds is 1. The minimum absolute atomic E-state index is 0. The number of fused-ring (bicyclic) bond motifs is 5. The Bertz CT molecular complexity index is 346. The molecule has 4 fully saturated rings. The second kappa shape index (κ2) is 4.38. The van der Waals surface area contributed by atoms with Gasteiger partial charge in [0.2, 0.25) is 5.91 Å². The van der Waals surface area contributed by atoms with E-state index in [9.17, 15) is 4.79 Å². The van der Waals surface area contributed by atoms with Crippen molar-refractivity contribution in [2.75, 3.05) is 19.6 Å². The fourth-order valence-electron chi connectivity index (χ4n) is 5.00. The van der Waals surface area contributed by atoms with Gasteiger partial charge in [-0.25, -0.2) is 0 Å². The first-order valence-electron chi connectivity index (χ1n) is 7.28. The van der Waals surface area contributed by atoms with Crippen LogP contribution in [-0.2, 0) is 4.79 Å². The van der Waals surface area contributed by atoms with Crippen molar-refractivity contribution in [3.63, 3.8) is 0 Å². The summed E-state index contributed by atoms with van der Waals surface area (Å²) in [4.78, 5) is 14.7. The molecular weight excluding hydrogens is 248 g/mol. The number of amides is 1. The predicted molar refractivity (Wildman–Crippen MR) is 72.6 cm³/mol. The van der Waals surface area contributed by atoms with Crippen LogP contribution >= 0.6 is 12.4 Å². The van der Waals surface area contributed by atoms with Gasteiger partial charge in [-0.2, -0.15) is 0 Å². The molecule has 0 radical (unpaired) electrons. The normalized spacial score (nSPS) is 48.6. The molecule has 0 aromatic rings. The molecule has 1 saturated heterocycles. The summed E-state index contributed by atoms with van der Waals surface area (Å²) in [6, 6.07) is 0.475. The van der Waals surface area contributed by atoms with Gasteiger partial charge in [0.15, 0.2) is 0 Å². The van der Waals surface area contributed by atoms with Gasteiger partial charge in [0, 0.05) is 31.6 Å². The monoisotopic (exact) mass is 270 g/mol. The highest BCUT2D eigenvalue weighted by Gasteiger charge is 2.67. The largest absolute Gasteiger partial charge is 0.340 e. The Labute approximate surface area is 115 Å². The van der Waals surface area contributed by atoms with Gasteiger partial charge in [-0.15, -0.1) is 12.4 Å². The Kier molecular flexibility index (Phi) is 3.10. The van der Waals surface area contributed by atoms with E-state index >= 15 is 0 Å². The molecule has 1 N–H and O–H groups in total. The van der Waals surface area contributed by atoms with E-state index in [2.05, 4.69) is 17.1 Å². The van der Waals surface area contributed by atoms with Crippen LogP contribution in [0.4, 0.5) is 0 Å². The molecule has 4 heteroatoms. The van der Waals surface area contributed by atoms with Gasteiger partial charge >= 0.3 is 0 Å². The molecule has 3 nitrogen and oxygen atoms in total. The Morgan fingerprint density at radius 2 is 1.89 bits per heavy atom. The fraction of sp³-hybridized carbons (Fsp3) is 0.929. The number of halogens is 1. The molecule has 4 rings (SSSR count). The third-order valence-electron chi connectivity index (χ3n) is 5.70. The van der Waals surface area contributed by atoms with Crippen molar-refractivity contribution in [1.82, 2.24) is 10.2 Å². The Hall–Kier alpha value is -0.280. The summed E-state index contributed by atoms with van der Waals surface area (Å²) in [5.74, 6) is 4.35. The zero-order valence-corrected chi connectivity index (χ0v) is 11.8. The molecule has 3 aliphatic carbocycles. The third-order valence-corrected chi connectivity index (χ3v) is 5.70. The molecule has 102 valence electrons. The maximum Gasteiger partial charge on any atom is 0.226 e. The van der Waals surface area contributed by atoms with E-state index in [1.54, 1.807) is 0 Å². The summed E-state index contributed by atoms with van der Waals surface area (Å²) in [5, 5.41) is 3.41. The topological polar surface area (TPSA) is 32.3 Å². The van der Waals surface area contributed by atoms with Crippen LogP contribution in [0.1, 0.15) is 26.2 Å². The Morgan fingerprint density at radius 1 is 1.22 bits per heavy atom. The van der Waals surface area contributed by atoms with E-state index in [0.717, 1.165) is 43.3 Å². The number of carbonyl (C=O) groups excluding carboxylic acids is 1. The third kappa shape index (κ3) is 1.70. The fourth-order valence-corrected chi connectivity index (χ4v) is 5.00. The molecule has 5 unspecified atom stereocenters. The van der Waals surface area contributed by atoms with E-state index in [4.69, 9.17) is 0 Å². The van der Waals surface area contributed by atoms with Crippen molar-refractivity contribution in [2.24, 2.45) is 29.6 Å². The van der Waals surface area contributed by atoms with E-state index in [-0.39, 0.29) is 12.4 Å². The van der Waals surface area contributed by atoms with Crippen LogP contribution in [0, 0.1) is 29.6 Å². The van der Waals surface area contributed by atoms with E-state index in [1.807, 2.05) is 0 Å². The van der Waals surface area contributed by atoms with Gasteiger partial charge in [-0.05, 0) is 49.9 Å². The highest BCUT2D eigenvalue weighted by molar-refractivity contribution is 5.85. The molecule has 1 heterocycles. The highest BCUT2D eigenvalue weighted by Crippen LogP contribution is 2.69. The van der Waals surface area contributed by atoms with E-state index in [1.165, 1.54) is 19.3 Å². The minimum Gasteiger partial charge on any atom is -0.340 e. The number of carbonyl (C=O) groups is 1. The molecule has 1 amide bonds. The number of piperazine rings is 1. The van der Waals surface area contributed by atoms with Crippen molar-refractivity contribution in [2.45, 2.75) is 32.2 Å². The van der Waals surface area contributed by atoms with E-state index in [0.29, 0.717) is 17.9 Å². The SMILES string of the molecule is CC1CN(C(=O)C2C3C4CCC(C4)C23)CCN1.Cl. The molecule has 0 aromatic heterocycles. The minimum atomic E-state index is 0. The number of hydrogen-bond donors (Lipinski definition) is 1. The van der Waals surface area contributed by atoms with E-state index < -0.39 is 0 Å². The second-order valence-electron chi connectivity index (χ2n) is 6.65. The Balaban J connectivity index is 0.000001000. The standard InChI is InChI=1S/C14H22N2O.ClH/c1-8-7-16(5-4-15-8)14(17)13-11-9-2-3-10(6-9)12(11)13;/h8-13,15H,2-7H2,1H3;1H. The lowest BCUT2D eigenvalue weighted by atomic mass is 10.0. The highest BCUT2D eigenvalue weighted by atomic mass is 35.5. The average Bonchev–Trinajstić information content (AvgIpc) is 2.76. The molecule has 0 aromatic carbocycles. The lowest BCUT2D eigenvalue weighted by molar-refractivity contribution is -0.134. The lowest BCUT2D eigenvalue weighted by Gasteiger charge is -2.32. The van der Waals surface area contributed by atoms with Gasteiger partial charge in [0.1, 0.15) is 0 Å². The predicted octanol–water partition coefficient (Wildman–Crippen LogP) is 1.52. The summed E-state index contributed by atoms with van der Waals surface area (Å²) in [5.41, 5.74) is 0. The van der Waals surface area contributed by atoms with Crippen LogP contribution in [0.5, 0.6) is 0 Å². The molecule has 5 atom stereocenters. The maximum atomic E-state index is 12.5. The van der Waals surface area contributed by atoms with Crippen molar-refractivity contribution >= 4 is 18.3 Å². The number of nitrogens with one attached hydrogen (secondary N) is 1. The van der Waals surface area contributed by atoms with Crippen LogP contribution in [0.2, 0.25) is 0 Å². The van der Waals surface area contributed by atoms with Crippen molar-refractivity contribution in [3.8, 4) is 0 Å². The molecule has 0 spiro atoms. The molecule has 4 aliphatic rings. The molecule has 1 aliphatic heterocycles. The van der Waals surface area contributed by atoms with Crippen molar-refractivity contribution in [1.29, 1.82) is 0 Å². The van der Waals surface area contributed by atoms with Crippen LogP contribution in [0.3, 0.4) is 0 Å². The zero-order valence-electron chi connectivity index (χ0n) is 11.0. The van der Waals surface area contributed by atoms with Gasteiger partial charge in [-0.3, -0.25) is 4.79 Å². The molecule has 18 heavy (non-hydrogen) atoms. The summed E-state index contributed by atoms with van der Waals surface area (Å²) < 4.78 is 0. The average molecular weight is 271 g/mol. The molecular formula is C14H23ClN2O. The summed E-state index contributed by atoms with van der Waals surface area (Å²) in [6.45, 7) is 5.00. The number of hydrogen-bond acceptors (Lipinski definition) is 2. The quantitative estimate of drug-likeness (QED) is 0.784. The smallest absolute Gasteiger partial charge is 0.226 e. The van der Waals surface area contributed by atoms with Gasteiger partial charge < -0.3 is 10.2 Å². The first-order valence-corrected chi connectivity index (χ1v) is 7.28. The van der Waals surface area contributed by atoms with Crippen LogP contribution in [-0.4, -0.2) is 36.5 Å². The lowest BCUT2D eigenvalue weighted by Crippen LogP contribution is -2.52. The van der Waals surface area contributed by atoms with Crippen molar-refractivity contribution < 1.29 is 4.79 Å². The zero-order chi connectivity index (χ0) is 11.6. The Morgan fingerprint density at radius 3 is 2.50 bits per heavy atom.